The first-order valence-corrected chi connectivity index (χ1v) is 11.7. The van der Waals surface area contributed by atoms with Crippen LogP contribution in [0.1, 0.15) is 36.8 Å². The second kappa shape index (κ2) is 7.14. The number of sulfone groups is 1. The summed E-state index contributed by atoms with van der Waals surface area (Å²) in [5.41, 5.74) is 2.57. The summed E-state index contributed by atoms with van der Waals surface area (Å²) in [6.07, 6.45) is 4.56. The third kappa shape index (κ3) is 3.07. The molecule has 1 N–H and O–H groups in total. The first kappa shape index (κ1) is 19.1. The topological polar surface area (TPSA) is 95.2 Å². The third-order valence-corrected chi connectivity index (χ3v) is 7.60. The van der Waals surface area contributed by atoms with E-state index in [1.54, 1.807) is 13.0 Å². The van der Waals surface area contributed by atoms with Crippen molar-refractivity contribution >= 4 is 32.6 Å². The van der Waals surface area contributed by atoms with E-state index in [0.29, 0.717) is 17.4 Å². The van der Waals surface area contributed by atoms with Gasteiger partial charge >= 0.3 is 5.03 Å². The lowest BCUT2D eigenvalue weighted by molar-refractivity contribution is 0.474. The van der Waals surface area contributed by atoms with Gasteiger partial charge in [0.2, 0.25) is 5.65 Å². The van der Waals surface area contributed by atoms with Crippen LogP contribution < -0.4 is 5.32 Å². The molecule has 1 saturated carbocycles. The fourth-order valence-electron chi connectivity index (χ4n) is 4.19. The molecule has 0 saturated heterocycles. The fourth-order valence-corrected chi connectivity index (χ4v) is 5.75. The Kier molecular flexibility index (Phi) is 4.56. The van der Waals surface area contributed by atoms with Crippen molar-refractivity contribution in [1.82, 2.24) is 19.8 Å². The van der Waals surface area contributed by atoms with Gasteiger partial charge in [0, 0.05) is 17.0 Å². The Bertz CT molecular complexity index is 1310. The monoisotopic (exact) mass is 421 g/mol. The molecule has 8 heteroatoms. The second-order valence-corrected chi connectivity index (χ2v) is 9.84. The van der Waals surface area contributed by atoms with Gasteiger partial charge in [-0.05, 0) is 50.5 Å². The van der Waals surface area contributed by atoms with E-state index in [1.165, 1.54) is 17.4 Å². The molecule has 2 aromatic heterocycles. The van der Waals surface area contributed by atoms with Crippen LogP contribution in [-0.4, -0.2) is 30.4 Å². The molecule has 1 atom stereocenters. The highest BCUT2D eigenvalue weighted by atomic mass is 32.3. The zero-order chi connectivity index (χ0) is 20.9. The molecule has 5 rings (SSSR count). The molecular formula is C22H23N5O2S. The summed E-state index contributed by atoms with van der Waals surface area (Å²) in [4.78, 5) is 4.96. The minimum Gasteiger partial charge on any atom is -0.604 e. The van der Waals surface area contributed by atoms with Crippen LogP contribution in [0.25, 0.3) is 16.6 Å². The lowest BCUT2D eigenvalue weighted by Gasteiger charge is -2.16. The SMILES string of the molecule is Cc1ccc(C)c([S+](=O)([O-])c2nnn3c2nc(NC2CCCC2)c2ccccc23)c1. The van der Waals surface area contributed by atoms with E-state index in [2.05, 4.69) is 15.6 Å². The summed E-state index contributed by atoms with van der Waals surface area (Å²) < 4.78 is 28.5. The average Bonchev–Trinajstić information content (AvgIpc) is 3.40. The molecule has 2 heterocycles. The Balaban J connectivity index is 1.73. The summed E-state index contributed by atoms with van der Waals surface area (Å²) in [5, 5.41) is 12.5. The number of nitrogens with one attached hydrogen (secondary N) is 1. The average molecular weight is 422 g/mol. The predicted octanol–water partition coefficient (Wildman–Crippen LogP) is 4.30. The van der Waals surface area contributed by atoms with Gasteiger partial charge in [-0.3, -0.25) is 0 Å². The minimum atomic E-state index is -3.87. The Morgan fingerprint density at radius 2 is 1.90 bits per heavy atom. The second-order valence-electron chi connectivity index (χ2n) is 8.01. The first-order valence-electron chi connectivity index (χ1n) is 10.2. The molecule has 30 heavy (non-hydrogen) atoms. The maximum Gasteiger partial charge on any atom is 0.317 e. The summed E-state index contributed by atoms with van der Waals surface area (Å²) in [6, 6.07) is 13.5. The van der Waals surface area contributed by atoms with E-state index >= 15 is 0 Å². The molecule has 1 aliphatic carbocycles. The van der Waals surface area contributed by atoms with E-state index in [1.807, 2.05) is 43.3 Å². The van der Waals surface area contributed by atoms with Crippen LogP contribution in [0, 0.1) is 13.8 Å². The number of aryl methyl sites for hydroxylation is 2. The van der Waals surface area contributed by atoms with Crippen molar-refractivity contribution in [2.45, 2.75) is 55.5 Å². The molecule has 0 radical (unpaired) electrons. The van der Waals surface area contributed by atoms with Crippen LogP contribution in [0.4, 0.5) is 5.82 Å². The van der Waals surface area contributed by atoms with Crippen LogP contribution in [0.2, 0.25) is 0 Å². The van der Waals surface area contributed by atoms with E-state index in [4.69, 9.17) is 4.98 Å². The Labute approximate surface area is 175 Å². The number of rotatable bonds is 4. The molecule has 2 aromatic carbocycles. The van der Waals surface area contributed by atoms with Crippen LogP contribution in [-0.2, 0) is 14.4 Å². The smallest absolute Gasteiger partial charge is 0.317 e. The normalized spacial score (nSPS) is 16.9. The number of anilines is 1. The van der Waals surface area contributed by atoms with Gasteiger partial charge in [-0.25, -0.2) is 4.98 Å². The fraction of sp³-hybridized carbons (Fsp3) is 0.318. The lowest BCUT2D eigenvalue weighted by Crippen LogP contribution is -2.17. The number of hydrogen-bond acceptors (Lipinski definition) is 6. The quantitative estimate of drug-likeness (QED) is 0.494. The van der Waals surface area contributed by atoms with Crippen LogP contribution in [0.15, 0.2) is 52.4 Å². The zero-order valence-corrected chi connectivity index (χ0v) is 17.8. The van der Waals surface area contributed by atoms with Crippen molar-refractivity contribution in [3.8, 4) is 0 Å². The van der Waals surface area contributed by atoms with Crippen molar-refractivity contribution in [2.24, 2.45) is 0 Å². The van der Waals surface area contributed by atoms with Crippen molar-refractivity contribution in [3.63, 3.8) is 0 Å². The van der Waals surface area contributed by atoms with Gasteiger partial charge in [0.25, 0.3) is 0 Å². The van der Waals surface area contributed by atoms with Gasteiger partial charge in [-0.15, -0.1) is 0 Å². The molecule has 0 amide bonds. The number of nitrogens with zero attached hydrogens (tertiary/aromatic N) is 4. The van der Waals surface area contributed by atoms with Gasteiger partial charge in [0.1, 0.15) is 16.0 Å². The van der Waals surface area contributed by atoms with Crippen LogP contribution in [0.3, 0.4) is 0 Å². The molecular weight excluding hydrogens is 398 g/mol. The molecule has 7 nitrogen and oxygen atoms in total. The largest absolute Gasteiger partial charge is 0.604 e. The highest BCUT2D eigenvalue weighted by molar-refractivity contribution is 7.97. The predicted molar refractivity (Wildman–Crippen MR) is 115 cm³/mol. The van der Waals surface area contributed by atoms with E-state index in [0.717, 1.165) is 29.3 Å². The van der Waals surface area contributed by atoms with Crippen LogP contribution in [0.5, 0.6) is 0 Å². The molecule has 1 unspecified atom stereocenters. The van der Waals surface area contributed by atoms with E-state index in [9.17, 15) is 8.76 Å². The maximum atomic E-state index is 13.5. The van der Waals surface area contributed by atoms with E-state index in [-0.39, 0.29) is 15.6 Å². The summed E-state index contributed by atoms with van der Waals surface area (Å²) >= 11 is 0. The Hall–Kier alpha value is -2.84. The van der Waals surface area contributed by atoms with Crippen molar-refractivity contribution < 1.29 is 8.76 Å². The van der Waals surface area contributed by atoms with Gasteiger partial charge in [0.15, 0.2) is 4.90 Å². The first-order chi connectivity index (χ1) is 14.4. The Morgan fingerprint density at radius 3 is 2.70 bits per heavy atom. The number of fused-ring (bicyclic) bond motifs is 3. The minimum absolute atomic E-state index is 0.114. The van der Waals surface area contributed by atoms with Crippen LogP contribution >= 0.6 is 0 Å². The summed E-state index contributed by atoms with van der Waals surface area (Å²) in [6.45, 7) is 3.66. The molecule has 0 aliphatic heterocycles. The lowest BCUT2D eigenvalue weighted by atomic mass is 10.2. The van der Waals surface area contributed by atoms with Crippen molar-refractivity contribution in [3.05, 3.63) is 53.6 Å². The zero-order valence-electron chi connectivity index (χ0n) is 17.0. The molecule has 0 bridgehead atoms. The summed E-state index contributed by atoms with van der Waals surface area (Å²) in [5.74, 6) is 0.685. The standard InChI is InChI=1S/C22H23N5O2S/c1-14-11-12-15(2)19(13-14)30(28,29)22-21-24-20(23-16-7-3-4-8-16)17-9-5-6-10-18(17)27(21)26-25-22/h5-6,9-13,16H,3-4,7-8H2,1-2H3,(H-,23,24,28,29). The summed E-state index contributed by atoms with van der Waals surface area (Å²) in [7, 11) is -3.87. The van der Waals surface area contributed by atoms with Gasteiger partial charge in [-0.1, -0.05) is 51.6 Å². The number of hydrogen-bond donors (Lipinski definition) is 1. The third-order valence-electron chi connectivity index (χ3n) is 5.81. The van der Waals surface area contributed by atoms with Crippen molar-refractivity contribution in [1.29, 1.82) is 0 Å². The number of aromatic nitrogens is 4. The molecule has 4 aromatic rings. The molecule has 154 valence electrons. The molecule has 0 spiro atoms. The van der Waals surface area contributed by atoms with Crippen molar-refractivity contribution in [2.75, 3.05) is 5.32 Å². The molecule has 1 fully saturated rings. The van der Waals surface area contributed by atoms with E-state index < -0.39 is 10.2 Å². The van der Waals surface area contributed by atoms with Gasteiger partial charge < -0.3 is 9.87 Å². The highest BCUT2D eigenvalue weighted by Crippen LogP contribution is 2.33. The Morgan fingerprint density at radius 1 is 1.13 bits per heavy atom. The maximum absolute atomic E-state index is 13.5. The van der Waals surface area contributed by atoms with Gasteiger partial charge in [-0.2, -0.15) is 4.52 Å². The molecule has 1 aliphatic rings. The number of benzene rings is 2. The van der Waals surface area contributed by atoms with Gasteiger partial charge in [0.05, 0.1) is 5.52 Å². The number of para-hydroxylation sites is 1. The highest BCUT2D eigenvalue weighted by Gasteiger charge is 2.34.